The molecular weight excluding hydrogens is 245 g/mol. The van der Waals surface area contributed by atoms with Crippen molar-refractivity contribution in [2.75, 3.05) is 13.1 Å². The summed E-state index contributed by atoms with van der Waals surface area (Å²) in [5, 5.41) is 9.25. The molecule has 1 heterocycles. The average molecular weight is 265 g/mol. The van der Waals surface area contributed by atoms with Gasteiger partial charge in [0.2, 0.25) is 0 Å². The SMILES string of the molecule is CCC(CC(=O)O)(c1cccc(F)c1)N1CCCC1. The Hall–Kier alpha value is -1.42. The first-order valence-corrected chi connectivity index (χ1v) is 6.81. The molecule has 4 heteroatoms. The summed E-state index contributed by atoms with van der Waals surface area (Å²) in [6.45, 7) is 3.75. The maximum atomic E-state index is 13.5. The summed E-state index contributed by atoms with van der Waals surface area (Å²) in [5.41, 5.74) is 0.198. The van der Waals surface area contributed by atoms with Crippen LogP contribution >= 0.6 is 0 Å². The predicted molar refractivity (Wildman–Crippen MR) is 71.4 cm³/mol. The molecule has 2 rings (SSSR count). The summed E-state index contributed by atoms with van der Waals surface area (Å²) in [5.74, 6) is -1.14. The van der Waals surface area contributed by atoms with E-state index in [4.69, 9.17) is 0 Å². The van der Waals surface area contributed by atoms with E-state index in [9.17, 15) is 14.3 Å². The molecule has 3 nitrogen and oxygen atoms in total. The molecule has 1 unspecified atom stereocenters. The number of hydrogen-bond acceptors (Lipinski definition) is 2. The number of halogens is 1. The number of likely N-dealkylation sites (tertiary alicyclic amines) is 1. The molecule has 0 radical (unpaired) electrons. The molecule has 0 bridgehead atoms. The van der Waals surface area contributed by atoms with Crippen molar-refractivity contribution < 1.29 is 14.3 Å². The van der Waals surface area contributed by atoms with Crippen molar-refractivity contribution >= 4 is 5.97 Å². The second-order valence-electron chi connectivity index (χ2n) is 5.16. The zero-order valence-corrected chi connectivity index (χ0v) is 11.2. The van der Waals surface area contributed by atoms with E-state index in [0.29, 0.717) is 6.42 Å². The highest BCUT2D eigenvalue weighted by molar-refractivity contribution is 5.69. The first-order valence-electron chi connectivity index (χ1n) is 6.81. The molecule has 1 aromatic rings. The van der Waals surface area contributed by atoms with Crippen LogP contribution in [0, 0.1) is 5.82 Å². The molecule has 19 heavy (non-hydrogen) atoms. The molecule has 1 N–H and O–H groups in total. The van der Waals surface area contributed by atoms with Gasteiger partial charge in [-0.1, -0.05) is 19.1 Å². The molecule has 1 atom stereocenters. The van der Waals surface area contributed by atoms with Crippen molar-refractivity contribution in [2.24, 2.45) is 0 Å². The third-order valence-corrected chi connectivity index (χ3v) is 4.10. The second-order valence-corrected chi connectivity index (χ2v) is 5.16. The van der Waals surface area contributed by atoms with Crippen molar-refractivity contribution in [2.45, 2.75) is 38.1 Å². The Morgan fingerprint density at radius 3 is 2.63 bits per heavy atom. The third-order valence-electron chi connectivity index (χ3n) is 4.10. The Bertz CT molecular complexity index is 457. The van der Waals surface area contributed by atoms with Crippen LogP contribution in [-0.2, 0) is 10.3 Å². The van der Waals surface area contributed by atoms with Crippen LogP contribution in [-0.4, -0.2) is 29.1 Å². The quantitative estimate of drug-likeness (QED) is 0.889. The van der Waals surface area contributed by atoms with Gasteiger partial charge in [0.15, 0.2) is 0 Å². The van der Waals surface area contributed by atoms with Crippen molar-refractivity contribution in [3.05, 3.63) is 35.6 Å². The van der Waals surface area contributed by atoms with Crippen LogP contribution in [0.4, 0.5) is 4.39 Å². The molecule has 104 valence electrons. The molecule has 1 aromatic carbocycles. The standard InChI is InChI=1S/C15H20FNO2/c1-2-15(11-14(18)19,17-8-3-4-9-17)12-6-5-7-13(16)10-12/h5-7,10H,2-4,8-9,11H2,1H3,(H,18,19). The van der Waals surface area contributed by atoms with Crippen LogP contribution in [0.25, 0.3) is 0 Å². The van der Waals surface area contributed by atoms with Crippen molar-refractivity contribution in [3.8, 4) is 0 Å². The van der Waals surface area contributed by atoms with Gasteiger partial charge in [-0.05, 0) is 50.0 Å². The smallest absolute Gasteiger partial charge is 0.305 e. The number of carboxylic acids is 1. The number of hydrogen-bond donors (Lipinski definition) is 1. The monoisotopic (exact) mass is 265 g/mol. The lowest BCUT2D eigenvalue weighted by atomic mass is 9.82. The highest BCUT2D eigenvalue weighted by Gasteiger charge is 2.40. The second kappa shape index (κ2) is 5.70. The Morgan fingerprint density at radius 2 is 2.11 bits per heavy atom. The normalized spacial score (nSPS) is 19.3. The molecule has 1 fully saturated rings. The topological polar surface area (TPSA) is 40.5 Å². The summed E-state index contributed by atoms with van der Waals surface area (Å²) in [4.78, 5) is 13.5. The first-order chi connectivity index (χ1) is 9.08. The van der Waals surface area contributed by atoms with Crippen molar-refractivity contribution in [1.29, 1.82) is 0 Å². The highest BCUT2D eigenvalue weighted by atomic mass is 19.1. The summed E-state index contributed by atoms with van der Waals surface area (Å²) in [7, 11) is 0. The lowest BCUT2D eigenvalue weighted by molar-refractivity contribution is -0.140. The zero-order valence-electron chi connectivity index (χ0n) is 11.2. The minimum Gasteiger partial charge on any atom is -0.481 e. The molecule has 1 aliphatic rings. The van der Waals surface area contributed by atoms with Crippen molar-refractivity contribution in [3.63, 3.8) is 0 Å². The molecule has 1 saturated heterocycles. The molecule has 0 amide bonds. The van der Waals surface area contributed by atoms with Crippen molar-refractivity contribution in [1.82, 2.24) is 4.90 Å². The molecular formula is C15H20FNO2. The number of aliphatic carboxylic acids is 1. The van der Waals surface area contributed by atoms with Gasteiger partial charge in [0.25, 0.3) is 0 Å². The van der Waals surface area contributed by atoms with E-state index in [1.165, 1.54) is 12.1 Å². The van der Waals surface area contributed by atoms with E-state index < -0.39 is 11.5 Å². The van der Waals surface area contributed by atoms with Gasteiger partial charge in [-0.25, -0.2) is 4.39 Å². The Morgan fingerprint density at radius 1 is 1.42 bits per heavy atom. The predicted octanol–water partition coefficient (Wildman–Crippen LogP) is 3.00. The minimum atomic E-state index is -0.835. The zero-order chi connectivity index (χ0) is 13.9. The van der Waals surface area contributed by atoms with Gasteiger partial charge < -0.3 is 5.11 Å². The van der Waals surface area contributed by atoms with Gasteiger partial charge in [-0.15, -0.1) is 0 Å². The Balaban J connectivity index is 2.44. The number of benzene rings is 1. The van der Waals surface area contributed by atoms with Gasteiger partial charge in [0, 0.05) is 0 Å². The van der Waals surface area contributed by atoms with Gasteiger partial charge in [-0.2, -0.15) is 0 Å². The van der Waals surface area contributed by atoms with Crippen LogP contribution in [0.3, 0.4) is 0 Å². The fraction of sp³-hybridized carbons (Fsp3) is 0.533. The van der Waals surface area contributed by atoms with E-state index in [0.717, 1.165) is 31.5 Å². The molecule has 0 spiro atoms. The highest BCUT2D eigenvalue weighted by Crippen LogP contribution is 2.38. The number of carboxylic acid groups (broad SMARTS) is 1. The Labute approximate surface area is 113 Å². The molecule has 1 aliphatic heterocycles. The minimum absolute atomic E-state index is 0.0208. The van der Waals surface area contributed by atoms with Crippen LogP contribution in [0.15, 0.2) is 24.3 Å². The van der Waals surface area contributed by atoms with Crippen LogP contribution in [0.5, 0.6) is 0 Å². The number of rotatable bonds is 5. The van der Waals surface area contributed by atoms with Gasteiger partial charge in [0.05, 0.1) is 12.0 Å². The average Bonchev–Trinajstić information content (AvgIpc) is 2.90. The molecule has 0 aliphatic carbocycles. The summed E-state index contributed by atoms with van der Waals surface area (Å²) in [6, 6.07) is 6.38. The van der Waals surface area contributed by atoms with Gasteiger partial charge >= 0.3 is 5.97 Å². The largest absolute Gasteiger partial charge is 0.481 e. The lowest BCUT2D eigenvalue weighted by Gasteiger charge is -2.41. The van der Waals surface area contributed by atoms with Gasteiger partial charge in [0.1, 0.15) is 5.82 Å². The maximum absolute atomic E-state index is 13.5. The maximum Gasteiger partial charge on any atom is 0.305 e. The fourth-order valence-corrected chi connectivity index (χ4v) is 3.12. The summed E-state index contributed by atoms with van der Waals surface area (Å²) >= 11 is 0. The summed E-state index contributed by atoms with van der Waals surface area (Å²) < 4.78 is 13.5. The van der Waals surface area contributed by atoms with E-state index in [2.05, 4.69) is 4.90 Å². The van der Waals surface area contributed by atoms with E-state index in [1.54, 1.807) is 6.07 Å². The molecule has 0 aromatic heterocycles. The number of carbonyl (C=O) groups is 1. The summed E-state index contributed by atoms with van der Waals surface area (Å²) in [6.07, 6.45) is 2.85. The van der Waals surface area contributed by atoms with Crippen LogP contribution < -0.4 is 0 Å². The van der Waals surface area contributed by atoms with E-state index >= 15 is 0 Å². The lowest BCUT2D eigenvalue weighted by Crippen LogP contribution is -2.45. The van der Waals surface area contributed by atoms with E-state index in [1.807, 2.05) is 13.0 Å². The molecule has 0 saturated carbocycles. The number of nitrogens with zero attached hydrogens (tertiary/aromatic N) is 1. The first kappa shape index (κ1) is 14.0. The van der Waals surface area contributed by atoms with Crippen LogP contribution in [0.2, 0.25) is 0 Å². The fourth-order valence-electron chi connectivity index (χ4n) is 3.12. The Kier molecular flexibility index (Phi) is 4.20. The van der Waals surface area contributed by atoms with E-state index in [-0.39, 0.29) is 12.2 Å². The third kappa shape index (κ3) is 2.78. The van der Waals surface area contributed by atoms with Gasteiger partial charge in [-0.3, -0.25) is 9.69 Å². The van der Waals surface area contributed by atoms with Crippen LogP contribution in [0.1, 0.15) is 38.2 Å².